The van der Waals surface area contributed by atoms with E-state index >= 15 is 0 Å². The Balaban J connectivity index is 2.25. The van der Waals surface area contributed by atoms with Crippen LogP contribution in [-0.4, -0.2) is 15.4 Å². The summed E-state index contributed by atoms with van der Waals surface area (Å²) in [6.45, 7) is 6.04. The highest BCUT2D eigenvalue weighted by atomic mass is 35.5. The molecule has 6 heteroatoms. The third-order valence-electron chi connectivity index (χ3n) is 2.80. The Morgan fingerprint density at radius 3 is 2.55 bits per heavy atom. The van der Waals surface area contributed by atoms with E-state index in [2.05, 4.69) is 9.59 Å². The van der Waals surface area contributed by atoms with Gasteiger partial charge in [-0.2, -0.15) is 0 Å². The number of halogens is 2. The van der Waals surface area contributed by atoms with Crippen LogP contribution in [0.2, 0.25) is 10.0 Å². The molecule has 0 saturated carbocycles. The third-order valence-corrected chi connectivity index (χ3v) is 4.31. The van der Waals surface area contributed by atoms with E-state index in [1.165, 1.54) is 0 Å². The zero-order chi connectivity index (χ0) is 14.9. The van der Waals surface area contributed by atoms with E-state index in [4.69, 9.17) is 23.2 Å². The van der Waals surface area contributed by atoms with Gasteiger partial charge in [-0.15, -0.1) is 5.10 Å². The number of carbonyl (C=O) groups excluding carboxylic acids is 1. The maximum atomic E-state index is 12.4. The van der Waals surface area contributed by atoms with Gasteiger partial charge in [0.05, 0.1) is 15.7 Å². The van der Waals surface area contributed by atoms with Crippen LogP contribution in [0.1, 0.15) is 41.7 Å². The summed E-state index contributed by atoms with van der Waals surface area (Å²) in [5.41, 5.74) is 1.38. The van der Waals surface area contributed by atoms with Gasteiger partial charge in [0.2, 0.25) is 0 Å². The maximum absolute atomic E-state index is 12.4. The van der Waals surface area contributed by atoms with Gasteiger partial charge in [0, 0.05) is 11.8 Å². The molecule has 0 aliphatic carbocycles. The highest BCUT2D eigenvalue weighted by Gasteiger charge is 2.26. The molecule has 2 rings (SSSR count). The molecule has 20 heavy (non-hydrogen) atoms. The topological polar surface area (TPSA) is 42.9 Å². The lowest BCUT2D eigenvalue weighted by Gasteiger charge is -2.15. The molecule has 0 N–H and O–H groups in total. The van der Waals surface area contributed by atoms with Gasteiger partial charge >= 0.3 is 0 Å². The van der Waals surface area contributed by atoms with Crippen LogP contribution >= 0.6 is 34.7 Å². The van der Waals surface area contributed by atoms with Gasteiger partial charge in [0.15, 0.2) is 5.78 Å². The zero-order valence-electron chi connectivity index (χ0n) is 11.4. The number of hydrogen-bond acceptors (Lipinski definition) is 4. The lowest BCUT2D eigenvalue weighted by molar-refractivity contribution is 0.0994. The van der Waals surface area contributed by atoms with Gasteiger partial charge in [-0.1, -0.05) is 54.5 Å². The van der Waals surface area contributed by atoms with Gasteiger partial charge in [-0.05, 0) is 29.2 Å². The average Bonchev–Trinajstić information content (AvgIpc) is 2.83. The molecular formula is C14H14Cl2N2OS. The van der Waals surface area contributed by atoms with Crippen molar-refractivity contribution >= 4 is 40.5 Å². The van der Waals surface area contributed by atoms with Crippen molar-refractivity contribution in [2.45, 2.75) is 32.6 Å². The number of rotatable bonds is 3. The Morgan fingerprint density at radius 1 is 1.25 bits per heavy atom. The lowest BCUT2D eigenvalue weighted by atomic mass is 9.90. The van der Waals surface area contributed by atoms with Crippen molar-refractivity contribution in [1.82, 2.24) is 9.59 Å². The first-order valence-electron chi connectivity index (χ1n) is 6.09. The van der Waals surface area contributed by atoms with E-state index < -0.39 is 0 Å². The molecule has 1 aromatic heterocycles. The Hall–Kier alpha value is -0.970. The molecule has 0 radical (unpaired) electrons. The molecule has 0 amide bonds. The normalized spacial score (nSPS) is 11.7. The lowest BCUT2D eigenvalue weighted by Crippen LogP contribution is -2.17. The smallest absolute Gasteiger partial charge is 0.180 e. The number of benzene rings is 1. The van der Waals surface area contributed by atoms with Crippen molar-refractivity contribution < 1.29 is 4.79 Å². The molecule has 0 bridgehead atoms. The van der Waals surface area contributed by atoms with Crippen LogP contribution in [0.5, 0.6) is 0 Å². The van der Waals surface area contributed by atoms with E-state index in [1.807, 2.05) is 20.8 Å². The molecule has 0 spiro atoms. The number of carbonyl (C=O) groups is 1. The van der Waals surface area contributed by atoms with Crippen molar-refractivity contribution in [2.24, 2.45) is 0 Å². The average molecular weight is 329 g/mol. The molecule has 0 fully saturated rings. The second kappa shape index (κ2) is 5.80. The number of nitrogens with zero attached hydrogens (tertiary/aromatic N) is 2. The van der Waals surface area contributed by atoms with Crippen LogP contribution in [0, 0.1) is 0 Å². The minimum absolute atomic E-state index is 0.00307. The second-order valence-corrected chi connectivity index (χ2v) is 7.12. The summed E-state index contributed by atoms with van der Waals surface area (Å²) >= 11 is 13.0. The van der Waals surface area contributed by atoms with Crippen LogP contribution in [0.15, 0.2) is 18.2 Å². The molecule has 0 saturated heterocycles. The van der Waals surface area contributed by atoms with Gasteiger partial charge < -0.3 is 0 Å². The van der Waals surface area contributed by atoms with Crippen LogP contribution in [-0.2, 0) is 11.8 Å². The minimum Gasteiger partial charge on any atom is -0.293 e. The van der Waals surface area contributed by atoms with Crippen molar-refractivity contribution in [1.29, 1.82) is 0 Å². The Bertz CT molecular complexity index is 647. The molecular weight excluding hydrogens is 315 g/mol. The standard InChI is InChI=1S/C14H14Cl2N2OS/c1-14(2,3)13-12(20-18-17-13)11(19)7-8-4-5-9(15)10(16)6-8/h4-6H,7H2,1-3H3. The fourth-order valence-corrected chi connectivity index (χ4v) is 2.91. The van der Waals surface area contributed by atoms with Gasteiger partial charge in [-0.25, -0.2) is 0 Å². The number of ketones is 1. The van der Waals surface area contributed by atoms with Gasteiger partial charge in [-0.3, -0.25) is 4.79 Å². The minimum atomic E-state index is -0.199. The van der Waals surface area contributed by atoms with Gasteiger partial charge in [0.1, 0.15) is 4.88 Å². The van der Waals surface area contributed by atoms with Crippen molar-refractivity contribution in [3.8, 4) is 0 Å². The van der Waals surface area contributed by atoms with Crippen LogP contribution in [0.3, 0.4) is 0 Å². The zero-order valence-corrected chi connectivity index (χ0v) is 13.7. The molecule has 1 heterocycles. The molecule has 1 aromatic carbocycles. The summed E-state index contributed by atoms with van der Waals surface area (Å²) in [7, 11) is 0. The van der Waals surface area contributed by atoms with E-state index in [0.29, 0.717) is 14.9 Å². The van der Waals surface area contributed by atoms with Crippen molar-refractivity contribution in [3.05, 3.63) is 44.4 Å². The second-order valence-electron chi connectivity index (χ2n) is 5.55. The SMILES string of the molecule is CC(C)(C)c1nnsc1C(=O)Cc1ccc(Cl)c(Cl)c1. The predicted molar refractivity (Wildman–Crippen MR) is 83.1 cm³/mol. The maximum Gasteiger partial charge on any atom is 0.180 e. The van der Waals surface area contributed by atoms with Crippen molar-refractivity contribution in [2.75, 3.05) is 0 Å². The fourth-order valence-electron chi connectivity index (χ4n) is 1.78. The first-order valence-corrected chi connectivity index (χ1v) is 7.62. The summed E-state index contributed by atoms with van der Waals surface area (Å²) in [4.78, 5) is 13.0. The van der Waals surface area contributed by atoms with E-state index in [-0.39, 0.29) is 17.6 Å². The number of Topliss-reactive ketones (excluding diaryl/α,β-unsaturated/α-hetero) is 1. The first-order chi connectivity index (χ1) is 9.29. The van der Waals surface area contributed by atoms with E-state index in [1.54, 1.807) is 18.2 Å². The number of aromatic nitrogens is 2. The Morgan fingerprint density at radius 2 is 1.95 bits per heavy atom. The van der Waals surface area contributed by atoms with Gasteiger partial charge in [0.25, 0.3) is 0 Å². The fraction of sp³-hybridized carbons (Fsp3) is 0.357. The van der Waals surface area contributed by atoms with Crippen molar-refractivity contribution in [3.63, 3.8) is 0 Å². The largest absolute Gasteiger partial charge is 0.293 e. The summed E-state index contributed by atoms with van der Waals surface area (Å²) < 4.78 is 3.91. The summed E-state index contributed by atoms with van der Waals surface area (Å²) in [6.07, 6.45) is 0.268. The monoisotopic (exact) mass is 328 g/mol. The highest BCUT2D eigenvalue weighted by Crippen LogP contribution is 2.28. The quantitative estimate of drug-likeness (QED) is 0.775. The molecule has 0 atom stereocenters. The van der Waals surface area contributed by atoms with Crippen LogP contribution in [0.25, 0.3) is 0 Å². The molecule has 2 aromatic rings. The highest BCUT2D eigenvalue weighted by molar-refractivity contribution is 7.08. The first kappa shape index (κ1) is 15.4. The molecule has 3 nitrogen and oxygen atoms in total. The molecule has 106 valence electrons. The molecule has 0 unspecified atom stereocenters. The molecule has 0 aliphatic heterocycles. The third kappa shape index (κ3) is 3.37. The Labute approximate surface area is 132 Å². The predicted octanol–water partition coefficient (Wildman–Crippen LogP) is 4.57. The summed E-state index contributed by atoms with van der Waals surface area (Å²) in [5.74, 6) is 0.00307. The van der Waals surface area contributed by atoms with E-state index in [9.17, 15) is 4.79 Å². The number of hydrogen-bond donors (Lipinski definition) is 0. The Kier molecular flexibility index (Phi) is 4.47. The van der Waals surface area contributed by atoms with Crippen LogP contribution < -0.4 is 0 Å². The van der Waals surface area contributed by atoms with E-state index in [0.717, 1.165) is 22.8 Å². The molecule has 0 aliphatic rings. The summed E-state index contributed by atoms with van der Waals surface area (Å²) in [6, 6.07) is 5.21. The summed E-state index contributed by atoms with van der Waals surface area (Å²) in [5, 5.41) is 5.02. The van der Waals surface area contributed by atoms with Crippen LogP contribution in [0.4, 0.5) is 0 Å².